The maximum absolute atomic E-state index is 12.1. The van der Waals surface area contributed by atoms with E-state index in [0.717, 1.165) is 49.7 Å². The maximum atomic E-state index is 12.1. The topological polar surface area (TPSA) is 56.7 Å². The van der Waals surface area contributed by atoms with Crippen LogP contribution in [0, 0.1) is 11.3 Å². The number of carbonyl (C=O) groups excluding carboxylic acids is 1. The lowest BCUT2D eigenvalue weighted by Crippen LogP contribution is -2.42. The zero-order valence-corrected chi connectivity index (χ0v) is 15.8. The van der Waals surface area contributed by atoms with Gasteiger partial charge in [0.25, 0.3) is 0 Å². The molecule has 1 spiro atoms. The second kappa shape index (κ2) is 7.29. The van der Waals surface area contributed by atoms with Gasteiger partial charge in [-0.1, -0.05) is 25.0 Å². The molecule has 5 heteroatoms. The van der Waals surface area contributed by atoms with Gasteiger partial charge in [0.05, 0.1) is 0 Å². The molecule has 0 aromatic heterocycles. The Bertz CT molecular complexity index is 691. The fourth-order valence-corrected chi connectivity index (χ4v) is 4.39. The molecule has 0 atom stereocenters. The number of hydrogen-bond acceptors (Lipinski definition) is 2. The monoisotopic (exact) mass is 354 g/mol. The van der Waals surface area contributed by atoms with Crippen molar-refractivity contribution in [1.29, 1.82) is 0 Å². The van der Waals surface area contributed by atoms with Gasteiger partial charge in [0.1, 0.15) is 0 Å². The predicted octanol–water partition coefficient (Wildman–Crippen LogP) is 3.38. The summed E-state index contributed by atoms with van der Waals surface area (Å²) in [6, 6.07) is 8.13. The first-order valence-electron chi connectivity index (χ1n) is 10.0. The SMILES string of the molecule is CN=C(NCc1cccc(NC(=O)C2CCC2)c1)N1CCC2(CCC2)C1. The first kappa shape index (κ1) is 17.4. The van der Waals surface area contributed by atoms with E-state index in [-0.39, 0.29) is 11.8 Å². The van der Waals surface area contributed by atoms with E-state index < -0.39 is 0 Å². The lowest BCUT2D eigenvalue weighted by molar-refractivity contribution is -0.122. The van der Waals surface area contributed by atoms with Crippen LogP contribution in [0.15, 0.2) is 29.3 Å². The van der Waals surface area contributed by atoms with Crippen LogP contribution in [0.3, 0.4) is 0 Å². The standard InChI is InChI=1S/C21H30N4O/c1-22-20(25-12-11-21(15-25)9-4-10-21)23-14-16-5-2-8-18(13-16)24-19(26)17-6-3-7-17/h2,5,8,13,17H,3-4,6-7,9-12,14-15H2,1H3,(H,22,23)(H,24,26). The van der Waals surface area contributed by atoms with Crippen molar-refractivity contribution in [3.8, 4) is 0 Å². The quantitative estimate of drug-likeness (QED) is 0.644. The number of rotatable bonds is 4. The molecule has 3 aliphatic rings. The molecule has 1 saturated heterocycles. The summed E-state index contributed by atoms with van der Waals surface area (Å²) >= 11 is 0. The van der Waals surface area contributed by atoms with Crippen molar-refractivity contribution in [1.82, 2.24) is 10.2 Å². The smallest absolute Gasteiger partial charge is 0.227 e. The summed E-state index contributed by atoms with van der Waals surface area (Å²) in [5, 5.41) is 6.56. The first-order valence-corrected chi connectivity index (χ1v) is 10.0. The van der Waals surface area contributed by atoms with Crippen molar-refractivity contribution in [3.63, 3.8) is 0 Å². The Morgan fingerprint density at radius 3 is 2.73 bits per heavy atom. The molecule has 1 heterocycles. The number of likely N-dealkylation sites (tertiary alicyclic amines) is 1. The van der Waals surface area contributed by atoms with E-state index in [1.807, 2.05) is 19.2 Å². The van der Waals surface area contributed by atoms with Crippen LogP contribution < -0.4 is 10.6 Å². The predicted molar refractivity (Wildman–Crippen MR) is 105 cm³/mol. The van der Waals surface area contributed by atoms with Crippen molar-refractivity contribution in [2.75, 3.05) is 25.5 Å². The van der Waals surface area contributed by atoms with E-state index in [9.17, 15) is 4.79 Å². The Kier molecular flexibility index (Phi) is 4.88. The van der Waals surface area contributed by atoms with E-state index >= 15 is 0 Å². The van der Waals surface area contributed by atoms with Gasteiger partial charge in [0.15, 0.2) is 5.96 Å². The number of carbonyl (C=O) groups is 1. The van der Waals surface area contributed by atoms with Crippen LogP contribution >= 0.6 is 0 Å². The Labute approximate surface area is 156 Å². The normalized spacial score (nSPS) is 22.0. The highest BCUT2D eigenvalue weighted by Crippen LogP contribution is 2.47. The highest BCUT2D eigenvalue weighted by Gasteiger charge is 2.43. The molecule has 0 bridgehead atoms. The van der Waals surface area contributed by atoms with Gasteiger partial charge in [0.2, 0.25) is 5.91 Å². The van der Waals surface area contributed by atoms with Crippen molar-refractivity contribution in [3.05, 3.63) is 29.8 Å². The van der Waals surface area contributed by atoms with Crippen LogP contribution in [0.1, 0.15) is 50.5 Å². The zero-order chi connectivity index (χ0) is 18.0. The van der Waals surface area contributed by atoms with E-state index in [4.69, 9.17) is 0 Å². The number of amides is 1. The number of nitrogens with zero attached hydrogens (tertiary/aromatic N) is 2. The summed E-state index contributed by atoms with van der Waals surface area (Å²) in [6.45, 7) is 2.98. The van der Waals surface area contributed by atoms with E-state index in [2.05, 4.69) is 32.7 Å². The van der Waals surface area contributed by atoms with Crippen LogP contribution in [-0.2, 0) is 11.3 Å². The molecule has 1 aromatic carbocycles. The van der Waals surface area contributed by atoms with Gasteiger partial charge in [-0.2, -0.15) is 0 Å². The molecular formula is C21H30N4O. The Balaban J connectivity index is 1.32. The highest BCUT2D eigenvalue weighted by atomic mass is 16.1. The third-order valence-corrected chi connectivity index (χ3v) is 6.48. The minimum absolute atomic E-state index is 0.167. The van der Waals surface area contributed by atoms with Gasteiger partial charge in [-0.25, -0.2) is 0 Å². The molecule has 1 aromatic rings. The van der Waals surface area contributed by atoms with Crippen LogP contribution in [0.25, 0.3) is 0 Å². The number of benzene rings is 1. The van der Waals surface area contributed by atoms with Gasteiger partial charge in [-0.15, -0.1) is 0 Å². The molecule has 5 nitrogen and oxygen atoms in total. The maximum Gasteiger partial charge on any atom is 0.227 e. The summed E-state index contributed by atoms with van der Waals surface area (Å²) in [4.78, 5) is 19.0. The minimum atomic E-state index is 0.167. The summed E-state index contributed by atoms with van der Waals surface area (Å²) in [5.74, 6) is 1.38. The van der Waals surface area contributed by atoms with Crippen molar-refractivity contribution in [2.45, 2.75) is 51.5 Å². The third kappa shape index (κ3) is 3.57. The van der Waals surface area contributed by atoms with E-state index in [0.29, 0.717) is 5.41 Å². The number of nitrogens with one attached hydrogen (secondary N) is 2. The molecule has 0 radical (unpaired) electrons. The Hall–Kier alpha value is -2.04. The van der Waals surface area contributed by atoms with Crippen LogP contribution in [0.4, 0.5) is 5.69 Å². The van der Waals surface area contributed by atoms with Crippen LogP contribution in [0.2, 0.25) is 0 Å². The fraction of sp³-hybridized carbons (Fsp3) is 0.619. The lowest BCUT2D eigenvalue weighted by Gasteiger charge is -2.38. The molecule has 3 fully saturated rings. The van der Waals surface area contributed by atoms with E-state index in [1.54, 1.807) is 0 Å². The largest absolute Gasteiger partial charge is 0.352 e. The minimum Gasteiger partial charge on any atom is -0.352 e. The highest BCUT2D eigenvalue weighted by molar-refractivity contribution is 5.93. The number of hydrogen-bond donors (Lipinski definition) is 2. The first-order chi connectivity index (χ1) is 12.7. The van der Waals surface area contributed by atoms with Gasteiger partial charge in [-0.3, -0.25) is 9.79 Å². The molecule has 4 rings (SSSR count). The Morgan fingerprint density at radius 1 is 1.27 bits per heavy atom. The number of anilines is 1. The lowest BCUT2D eigenvalue weighted by atomic mass is 9.68. The van der Waals surface area contributed by atoms with Crippen LogP contribution in [0.5, 0.6) is 0 Å². The molecule has 2 aliphatic carbocycles. The average molecular weight is 354 g/mol. The van der Waals surface area contributed by atoms with E-state index in [1.165, 1.54) is 32.1 Å². The molecule has 26 heavy (non-hydrogen) atoms. The molecule has 140 valence electrons. The number of guanidine groups is 1. The second-order valence-electron chi connectivity index (χ2n) is 8.24. The summed E-state index contributed by atoms with van der Waals surface area (Å²) in [5.41, 5.74) is 2.63. The third-order valence-electron chi connectivity index (χ3n) is 6.48. The van der Waals surface area contributed by atoms with Crippen molar-refractivity contribution >= 4 is 17.6 Å². The molecule has 1 aliphatic heterocycles. The van der Waals surface area contributed by atoms with Gasteiger partial charge >= 0.3 is 0 Å². The van der Waals surface area contributed by atoms with Crippen molar-refractivity contribution in [2.24, 2.45) is 16.3 Å². The van der Waals surface area contributed by atoms with Crippen molar-refractivity contribution < 1.29 is 4.79 Å². The molecule has 1 amide bonds. The summed E-state index contributed by atoms with van der Waals surface area (Å²) in [7, 11) is 1.86. The molecule has 0 unspecified atom stereocenters. The summed E-state index contributed by atoms with van der Waals surface area (Å²) < 4.78 is 0. The number of aliphatic imine (C=N–C) groups is 1. The molecule has 2 saturated carbocycles. The molecule has 2 N–H and O–H groups in total. The zero-order valence-electron chi connectivity index (χ0n) is 15.8. The van der Waals surface area contributed by atoms with Gasteiger partial charge in [-0.05, 0) is 55.2 Å². The van der Waals surface area contributed by atoms with Gasteiger partial charge < -0.3 is 15.5 Å². The fourth-order valence-electron chi connectivity index (χ4n) is 4.39. The molecular weight excluding hydrogens is 324 g/mol. The second-order valence-corrected chi connectivity index (χ2v) is 8.24. The average Bonchev–Trinajstić information content (AvgIpc) is 3.00. The summed E-state index contributed by atoms with van der Waals surface area (Å²) in [6.07, 6.45) is 8.68. The van der Waals surface area contributed by atoms with Crippen LogP contribution in [-0.4, -0.2) is 36.9 Å². The Morgan fingerprint density at radius 2 is 2.12 bits per heavy atom. The van der Waals surface area contributed by atoms with Gasteiger partial charge in [0, 0.05) is 38.3 Å².